The Labute approximate surface area is 317 Å². The summed E-state index contributed by atoms with van der Waals surface area (Å²) in [6, 6.07) is 82.1. The zero-order valence-electron chi connectivity index (χ0n) is 29.8. The standard InChI is InChI=1S/C53H37N/c1-4-16-38(17-5-1)41-20-14-26-46(35-41)54(47-27-15-21-42(36-47)43-31-30-39-18-10-11-19-40(39)34-43)48-32-33-50-49-28-12-13-29-51(49)53(52(50)37-48,44-22-6-2-7-23-44)45-24-8-3-9-25-45/h1-37H. The Hall–Kier alpha value is -6.96. The van der Waals surface area contributed by atoms with Crippen LogP contribution < -0.4 is 4.90 Å². The van der Waals surface area contributed by atoms with Crippen molar-refractivity contribution in [2.75, 3.05) is 4.90 Å². The molecule has 0 aliphatic heterocycles. The number of hydrogen-bond acceptors (Lipinski definition) is 1. The van der Waals surface area contributed by atoms with E-state index in [0.29, 0.717) is 0 Å². The maximum atomic E-state index is 2.45. The van der Waals surface area contributed by atoms with Crippen molar-refractivity contribution >= 4 is 27.8 Å². The van der Waals surface area contributed by atoms with Gasteiger partial charge in [0.2, 0.25) is 0 Å². The van der Waals surface area contributed by atoms with Gasteiger partial charge in [-0.3, -0.25) is 0 Å². The molecule has 9 aromatic rings. The van der Waals surface area contributed by atoms with Gasteiger partial charge in [-0.15, -0.1) is 0 Å². The molecule has 0 aromatic heterocycles. The first-order valence-corrected chi connectivity index (χ1v) is 18.7. The number of anilines is 3. The van der Waals surface area contributed by atoms with Crippen LogP contribution >= 0.6 is 0 Å². The zero-order chi connectivity index (χ0) is 35.9. The number of hydrogen-bond donors (Lipinski definition) is 0. The van der Waals surface area contributed by atoms with E-state index in [-0.39, 0.29) is 0 Å². The Morgan fingerprint density at radius 1 is 0.278 bits per heavy atom. The molecular weight excluding hydrogens is 651 g/mol. The van der Waals surface area contributed by atoms with Gasteiger partial charge in [0.1, 0.15) is 0 Å². The van der Waals surface area contributed by atoms with Gasteiger partial charge in [0.25, 0.3) is 0 Å². The highest BCUT2D eigenvalue weighted by Crippen LogP contribution is 2.57. The van der Waals surface area contributed by atoms with E-state index in [9.17, 15) is 0 Å². The van der Waals surface area contributed by atoms with Gasteiger partial charge in [0.05, 0.1) is 5.41 Å². The summed E-state index contributed by atoms with van der Waals surface area (Å²) in [4.78, 5) is 2.43. The van der Waals surface area contributed by atoms with Crippen LogP contribution in [0, 0.1) is 0 Å². The van der Waals surface area contributed by atoms with E-state index < -0.39 is 5.41 Å². The fourth-order valence-electron chi connectivity index (χ4n) is 8.67. The molecule has 0 fully saturated rings. The molecule has 1 aliphatic rings. The topological polar surface area (TPSA) is 3.24 Å². The second kappa shape index (κ2) is 13.2. The molecule has 0 N–H and O–H groups in total. The monoisotopic (exact) mass is 687 g/mol. The number of rotatable bonds is 7. The fraction of sp³-hybridized carbons (Fsp3) is 0.0189. The Morgan fingerprint density at radius 3 is 1.46 bits per heavy atom. The van der Waals surface area contributed by atoms with Crippen LogP contribution in [0.4, 0.5) is 17.1 Å². The summed E-state index contributed by atoms with van der Waals surface area (Å²) in [5.74, 6) is 0. The van der Waals surface area contributed by atoms with Gasteiger partial charge < -0.3 is 4.90 Å². The maximum absolute atomic E-state index is 2.45. The van der Waals surface area contributed by atoms with Crippen LogP contribution in [0.5, 0.6) is 0 Å². The molecule has 0 radical (unpaired) electrons. The lowest BCUT2D eigenvalue weighted by molar-refractivity contribution is 0.768. The first kappa shape index (κ1) is 31.7. The van der Waals surface area contributed by atoms with E-state index in [2.05, 4.69) is 229 Å². The summed E-state index contributed by atoms with van der Waals surface area (Å²) < 4.78 is 0. The molecular formula is C53H37N. The van der Waals surface area contributed by atoms with Crippen LogP contribution in [-0.2, 0) is 5.41 Å². The van der Waals surface area contributed by atoms with Crippen molar-refractivity contribution in [1.29, 1.82) is 0 Å². The predicted octanol–water partition coefficient (Wildman–Crippen LogP) is 14.0. The van der Waals surface area contributed by atoms with Gasteiger partial charge in [-0.05, 0) is 109 Å². The van der Waals surface area contributed by atoms with Gasteiger partial charge in [0, 0.05) is 17.1 Å². The molecule has 0 amide bonds. The highest BCUT2D eigenvalue weighted by Gasteiger charge is 2.46. The first-order valence-electron chi connectivity index (χ1n) is 18.7. The van der Waals surface area contributed by atoms with Crippen LogP contribution in [0.2, 0.25) is 0 Å². The van der Waals surface area contributed by atoms with E-state index in [1.807, 2.05) is 0 Å². The molecule has 254 valence electrons. The third kappa shape index (κ3) is 5.25. The molecule has 0 saturated heterocycles. The molecule has 0 heterocycles. The number of fused-ring (bicyclic) bond motifs is 4. The third-order valence-corrected chi connectivity index (χ3v) is 11.1. The van der Waals surface area contributed by atoms with E-state index >= 15 is 0 Å². The fourth-order valence-corrected chi connectivity index (χ4v) is 8.67. The minimum absolute atomic E-state index is 0.491. The highest BCUT2D eigenvalue weighted by atomic mass is 15.1. The van der Waals surface area contributed by atoms with Crippen molar-refractivity contribution in [1.82, 2.24) is 0 Å². The van der Waals surface area contributed by atoms with Crippen molar-refractivity contribution in [3.05, 3.63) is 247 Å². The number of nitrogens with zero attached hydrogens (tertiary/aromatic N) is 1. The van der Waals surface area contributed by atoms with E-state index in [4.69, 9.17) is 0 Å². The molecule has 54 heavy (non-hydrogen) atoms. The van der Waals surface area contributed by atoms with Gasteiger partial charge in [-0.1, -0.05) is 182 Å². The van der Waals surface area contributed by atoms with Crippen molar-refractivity contribution in [2.45, 2.75) is 5.41 Å². The maximum Gasteiger partial charge on any atom is 0.0714 e. The summed E-state index contributed by atoms with van der Waals surface area (Å²) in [5.41, 5.74) is 15.2. The summed E-state index contributed by atoms with van der Waals surface area (Å²) in [5, 5.41) is 2.49. The molecule has 0 spiro atoms. The normalized spacial score (nSPS) is 12.6. The zero-order valence-corrected chi connectivity index (χ0v) is 29.8. The van der Waals surface area contributed by atoms with Crippen molar-refractivity contribution in [3.63, 3.8) is 0 Å². The second-order valence-corrected chi connectivity index (χ2v) is 14.1. The van der Waals surface area contributed by atoms with Crippen molar-refractivity contribution in [2.24, 2.45) is 0 Å². The van der Waals surface area contributed by atoms with Crippen molar-refractivity contribution in [3.8, 4) is 33.4 Å². The van der Waals surface area contributed by atoms with Gasteiger partial charge in [-0.2, -0.15) is 0 Å². The van der Waals surface area contributed by atoms with Crippen LogP contribution in [-0.4, -0.2) is 0 Å². The average Bonchev–Trinajstić information content (AvgIpc) is 3.55. The molecule has 0 unspecified atom stereocenters. The summed E-state index contributed by atoms with van der Waals surface area (Å²) in [6.07, 6.45) is 0. The molecule has 0 saturated carbocycles. The van der Waals surface area contributed by atoms with E-state index in [1.165, 1.54) is 66.4 Å². The van der Waals surface area contributed by atoms with E-state index in [1.54, 1.807) is 0 Å². The summed E-state index contributed by atoms with van der Waals surface area (Å²) in [6.45, 7) is 0. The van der Waals surface area contributed by atoms with Crippen LogP contribution in [0.1, 0.15) is 22.3 Å². The minimum Gasteiger partial charge on any atom is -0.310 e. The molecule has 10 rings (SSSR count). The second-order valence-electron chi connectivity index (χ2n) is 14.1. The Kier molecular flexibility index (Phi) is 7.78. The Morgan fingerprint density at radius 2 is 0.778 bits per heavy atom. The lowest BCUT2D eigenvalue weighted by Crippen LogP contribution is -2.28. The summed E-state index contributed by atoms with van der Waals surface area (Å²) in [7, 11) is 0. The first-order chi connectivity index (χ1) is 26.8. The molecule has 0 bridgehead atoms. The van der Waals surface area contributed by atoms with Crippen LogP contribution in [0.15, 0.2) is 224 Å². The molecule has 1 aliphatic carbocycles. The quantitative estimate of drug-likeness (QED) is 0.161. The Balaban J connectivity index is 1.21. The predicted molar refractivity (Wildman–Crippen MR) is 227 cm³/mol. The third-order valence-electron chi connectivity index (χ3n) is 11.1. The summed E-state index contributed by atoms with van der Waals surface area (Å²) >= 11 is 0. The van der Waals surface area contributed by atoms with Crippen LogP contribution in [0.3, 0.4) is 0 Å². The lowest BCUT2D eigenvalue weighted by atomic mass is 9.67. The highest BCUT2D eigenvalue weighted by molar-refractivity contribution is 5.91. The Bertz CT molecular complexity index is 2730. The molecule has 1 nitrogen and oxygen atoms in total. The molecule has 9 aromatic carbocycles. The van der Waals surface area contributed by atoms with Gasteiger partial charge in [0.15, 0.2) is 0 Å². The number of benzene rings is 9. The SMILES string of the molecule is c1ccc(-c2cccc(N(c3cccc(-c4ccc5ccccc5c4)c3)c3ccc4c(c3)C(c3ccccc3)(c3ccccc3)c3ccccc3-4)c2)cc1. The smallest absolute Gasteiger partial charge is 0.0714 e. The van der Waals surface area contributed by atoms with Gasteiger partial charge in [-0.25, -0.2) is 0 Å². The van der Waals surface area contributed by atoms with E-state index in [0.717, 1.165) is 17.1 Å². The van der Waals surface area contributed by atoms with Gasteiger partial charge >= 0.3 is 0 Å². The largest absolute Gasteiger partial charge is 0.310 e. The van der Waals surface area contributed by atoms with Crippen molar-refractivity contribution < 1.29 is 0 Å². The van der Waals surface area contributed by atoms with Crippen LogP contribution in [0.25, 0.3) is 44.2 Å². The molecule has 1 heteroatoms. The minimum atomic E-state index is -0.491. The average molecular weight is 688 g/mol. The lowest BCUT2D eigenvalue weighted by Gasteiger charge is -2.35. The molecule has 0 atom stereocenters.